The van der Waals surface area contributed by atoms with E-state index in [0.717, 1.165) is 30.1 Å². The first kappa shape index (κ1) is 22.9. The van der Waals surface area contributed by atoms with Gasteiger partial charge in [0.1, 0.15) is 5.82 Å². The van der Waals surface area contributed by atoms with Gasteiger partial charge in [0.05, 0.1) is 12.2 Å². The molecule has 0 aliphatic rings. The van der Waals surface area contributed by atoms with Gasteiger partial charge in [-0.3, -0.25) is 9.39 Å². The van der Waals surface area contributed by atoms with E-state index in [1.165, 1.54) is 0 Å². The number of nitrogens with zero attached hydrogens (tertiary/aromatic N) is 5. The second-order valence-corrected chi connectivity index (χ2v) is 6.28. The van der Waals surface area contributed by atoms with Crippen LogP contribution in [0.3, 0.4) is 0 Å². The largest absolute Gasteiger partial charge is 0.370 e. The molecule has 0 bridgehead atoms. The Bertz CT molecular complexity index is 953. The molecule has 156 valence electrons. The Morgan fingerprint density at radius 2 is 1.86 bits per heavy atom. The van der Waals surface area contributed by atoms with Crippen LogP contribution >= 0.6 is 24.0 Å². The maximum Gasteiger partial charge on any atom is 0.191 e. The first-order valence-electron chi connectivity index (χ1n) is 9.42. The van der Waals surface area contributed by atoms with Crippen molar-refractivity contribution >= 4 is 41.3 Å². The molecule has 2 N–H and O–H groups in total. The average Bonchev–Trinajstić information content (AvgIpc) is 3.13. The summed E-state index contributed by atoms with van der Waals surface area (Å²) < 4.78 is 16.3. The summed E-state index contributed by atoms with van der Waals surface area (Å²) in [5.74, 6) is 1.19. The van der Waals surface area contributed by atoms with Gasteiger partial charge in [0.15, 0.2) is 17.4 Å². The number of anilines is 1. The summed E-state index contributed by atoms with van der Waals surface area (Å²) in [5, 5.41) is 14.7. The van der Waals surface area contributed by atoms with Gasteiger partial charge in [-0.25, -0.2) is 4.39 Å². The minimum atomic E-state index is -0.208. The number of fused-ring (bicyclic) bond motifs is 1. The normalized spacial score (nSPS) is 11.2. The summed E-state index contributed by atoms with van der Waals surface area (Å²) in [6.45, 7) is 6.53. The van der Waals surface area contributed by atoms with Crippen LogP contribution in [0.1, 0.15) is 25.2 Å². The summed E-state index contributed by atoms with van der Waals surface area (Å²) in [7, 11) is 1.70. The van der Waals surface area contributed by atoms with Gasteiger partial charge in [0.25, 0.3) is 0 Å². The average molecular weight is 511 g/mol. The lowest BCUT2D eigenvalue weighted by Gasteiger charge is -2.22. The zero-order valence-corrected chi connectivity index (χ0v) is 19.2. The molecular weight excluding hydrogens is 484 g/mol. The zero-order chi connectivity index (χ0) is 19.9. The Morgan fingerprint density at radius 3 is 2.55 bits per heavy atom. The fraction of sp³-hybridized carbons (Fsp3) is 0.350. The fourth-order valence-electron chi connectivity index (χ4n) is 3.06. The molecule has 9 heteroatoms. The summed E-state index contributed by atoms with van der Waals surface area (Å²) >= 11 is 0. The molecule has 0 fully saturated rings. The molecule has 2 aromatic heterocycles. The molecule has 2 heterocycles. The van der Waals surface area contributed by atoms with Gasteiger partial charge in [-0.1, -0.05) is 12.1 Å². The van der Waals surface area contributed by atoms with Gasteiger partial charge in [0, 0.05) is 32.9 Å². The fourth-order valence-corrected chi connectivity index (χ4v) is 3.06. The number of halogens is 2. The molecule has 3 aromatic rings. The number of benzene rings is 1. The van der Waals surface area contributed by atoms with Gasteiger partial charge in [-0.15, -0.1) is 34.2 Å². The number of aromatic nitrogens is 3. The highest BCUT2D eigenvalue weighted by atomic mass is 127. The van der Waals surface area contributed by atoms with Gasteiger partial charge < -0.3 is 15.5 Å². The van der Waals surface area contributed by atoms with E-state index in [9.17, 15) is 4.39 Å². The predicted molar refractivity (Wildman–Crippen MR) is 125 cm³/mol. The van der Waals surface area contributed by atoms with Gasteiger partial charge in [-0.05, 0) is 43.7 Å². The van der Waals surface area contributed by atoms with Crippen molar-refractivity contribution in [2.75, 3.05) is 25.0 Å². The van der Waals surface area contributed by atoms with Crippen LogP contribution in [0.2, 0.25) is 0 Å². The number of nitrogens with one attached hydrogen (secondary N) is 2. The molecule has 0 aliphatic carbocycles. The molecule has 0 aliphatic heterocycles. The van der Waals surface area contributed by atoms with Crippen LogP contribution in [0, 0.1) is 5.82 Å². The lowest BCUT2D eigenvalue weighted by atomic mass is 10.2. The number of pyridine rings is 1. The number of guanidine groups is 1. The molecule has 29 heavy (non-hydrogen) atoms. The summed E-state index contributed by atoms with van der Waals surface area (Å²) in [4.78, 5) is 6.21. The monoisotopic (exact) mass is 511 g/mol. The summed E-state index contributed by atoms with van der Waals surface area (Å²) in [5.41, 5.74) is 2.28. The van der Waals surface area contributed by atoms with Crippen LogP contribution < -0.4 is 15.5 Å². The molecule has 0 radical (unpaired) electrons. The lowest BCUT2D eigenvalue weighted by molar-refractivity contribution is 0.616. The minimum absolute atomic E-state index is 0. The highest BCUT2D eigenvalue weighted by molar-refractivity contribution is 14.0. The molecule has 0 spiro atoms. The van der Waals surface area contributed by atoms with E-state index in [2.05, 4.69) is 25.8 Å². The molecule has 1 aromatic carbocycles. The molecule has 0 saturated carbocycles. The maximum absolute atomic E-state index is 14.4. The molecule has 0 unspecified atom stereocenters. The SMILES string of the molecule is CCN(CC)c1ccc(CNC(=NC)NCc2nnc3ccccn23)cc1F.I. The minimum Gasteiger partial charge on any atom is -0.370 e. The van der Waals surface area contributed by atoms with Crippen molar-refractivity contribution in [1.29, 1.82) is 0 Å². The third kappa shape index (κ3) is 5.55. The van der Waals surface area contributed by atoms with Gasteiger partial charge in [-0.2, -0.15) is 0 Å². The Hall–Kier alpha value is -2.43. The first-order valence-corrected chi connectivity index (χ1v) is 9.42. The van der Waals surface area contributed by atoms with Crippen LogP contribution in [0.25, 0.3) is 5.65 Å². The van der Waals surface area contributed by atoms with Crippen molar-refractivity contribution in [2.45, 2.75) is 26.9 Å². The maximum atomic E-state index is 14.4. The van der Waals surface area contributed by atoms with Crippen molar-refractivity contribution in [3.63, 3.8) is 0 Å². The summed E-state index contributed by atoms with van der Waals surface area (Å²) in [6.07, 6.45) is 1.92. The van der Waals surface area contributed by atoms with Crippen LogP contribution in [-0.4, -0.2) is 40.7 Å². The highest BCUT2D eigenvalue weighted by Crippen LogP contribution is 2.20. The van der Waals surface area contributed by atoms with Crippen molar-refractivity contribution in [3.05, 3.63) is 59.8 Å². The second-order valence-electron chi connectivity index (χ2n) is 6.28. The van der Waals surface area contributed by atoms with E-state index >= 15 is 0 Å². The van der Waals surface area contributed by atoms with Crippen LogP contribution in [-0.2, 0) is 13.1 Å². The lowest BCUT2D eigenvalue weighted by Crippen LogP contribution is -2.36. The van der Waals surface area contributed by atoms with E-state index < -0.39 is 0 Å². The number of hydrogen-bond donors (Lipinski definition) is 2. The zero-order valence-electron chi connectivity index (χ0n) is 16.9. The number of rotatable bonds is 7. The Balaban J connectivity index is 0.00000300. The topological polar surface area (TPSA) is 69.8 Å². The van der Waals surface area contributed by atoms with Crippen LogP contribution in [0.5, 0.6) is 0 Å². The van der Waals surface area contributed by atoms with E-state index in [1.54, 1.807) is 13.1 Å². The highest BCUT2D eigenvalue weighted by Gasteiger charge is 2.10. The van der Waals surface area contributed by atoms with Crippen LogP contribution in [0.4, 0.5) is 10.1 Å². The third-order valence-electron chi connectivity index (χ3n) is 4.60. The number of hydrogen-bond acceptors (Lipinski definition) is 4. The van der Waals surface area contributed by atoms with E-state index in [0.29, 0.717) is 24.7 Å². The first-order chi connectivity index (χ1) is 13.7. The standard InChI is InChI=1S/C20H26FN7.HI/c1-4-27(5-2)17-10-9-15(12-16(17)21)13-23-20(22-3)24-14-19-26-25-18-8-6-7-11-28(18)19;/h6-12H,4-5,13-14H2,1-3H3,(H2,22,23,24);1H. The molecule has 7 nitrogen and oxygen atoms in total. The van der Waals surface area contributed by atoms with Crippen molar-refractivity contribution in [3.8, 4) is 0 Å². The van der Waals surface area contributed by atoms with Crippen LogP contribution in [0.15, 0.2) is 47.6 Å². The van der Waals surface area contributed by atoms with Crippen molar-refractivity contribution in [1.82, 2.24) is 25.2 Å². The second kappa shape index (κ2) is 10.9. The molecule has 0 amide bonds. The van der Waals surface area contributed by atoms with Gasteiger partial charge in [0.2, 0.25) is 0 Å². The summed E-state index contributed by atoms with van der Waals surface area (Å²) in [6, 6.07) is 11.1. The third-order valence-corrected chi connectivity index (χ3v) is 4.60. The molecule has 3 rings (SSSR count). The van der Waals surface area contributed by atoms with Gasteiger partial charge >= 0.3 is 0 Å². The molecule has 0 atom stereocenters. The molecular formula is C20H27FIN7. The van der Waals surface area contributed by atoms with Crippen molar-refractivity contribution in [2.24, 2.45) is 4.99 Å². The Morgan fingerprint density at radius 1 is 1.10 bits per heavy atom. The van der Waals surface area contributed by atoms with E-state index in [4.69, 9.17) is 0 Å². The smallest absolute Gasteiger partial charge is 0.191 e. The predicted octanol–water partition coefficient (Wildman–Crippen LogP) is 3.20. The van der Waals surface area contributed by atoms with Crippen molar-refractivity contribution < 1.29 is 4.39 Å². The number of aliphatic imine (C=N–C) groups is 1. The quantitative estimate of drug-likeness (QED) is 0.290. The Labute approximate surface area is 187 Å². The van der Waals surface area contributed by atoms with E-state index in [-0.39, 0.29) is 29.8 Å². The molecule has 0 saturated heterocycles. The Kier molecular flexibility index (Phi) is 8.62. The van der Waals surface area contributed by atoms with E-state index in [1.807, 2.05) is 59.7 Å².